The van der Waals surface area contributed by atoms with Crippen molar-refractivity contribution in [3.63, 3.8) is 0 Å². The van der Waals surface area contributed by atoms with Crippen LogP contribution >= 0.6 is 0 Å². The summed E-state index contributed by atoms with van der Waals surface area (Å²) < 4.78 is 0. The molecule has 1 rings (SSSR count). The van der Waals surface area contributed by atoms with Crippen LogP contribution in [0.4, 0.5) is 0 Å². The predicted molar refractivity (Wildman–Crippen MR) is 127 cm³/mol. The number of hydrogen-bond donors (Lipinski definition) is 1. The Labute approximate surface area is 176 Å². The highest BCUT2D eigenvalue weighted by molar-refractivity contribution is 5.27. The van der Waals surface area contributed by atoms with Gasteiger partial charge in [-0.15, -0.1) is 0 Å². The van der Waals surface area contributed by atoms with E-state index in [1.165, 1.54) is 89.0 Å². The van der Waals surface area contributed by atoms with Gasteiger partial charge in [0.2, 0.25) is 0 Å². The molecule has 1 nitrogen and oxygen atoms in total. The van der Waals surface area contributed by atoms with Crippen molar-refractivity contribution in [3.05, 3.63) is 35.9 Å². The highest BCUT2D eigenvalue weighted by atomic mass is 14.7. The average molecular weight is 388 g/mol. The van der Waals surface area contributed by atoms with E-state index in [1.54, 1.807) is 0 Å². The van der Waals surface area contributed by atoms with E-state index in [2.05, 4.69) is 51.1 Å². The first-order valence-electron chi connectivity index (χ1n) is 12.5. The second kappa shape index (κ2) is 16.0. The van der Waals surface area contributed by atoms with Crippen LogP contribution < -0.4 is 5.73 Å². The zero-order chi connectivity index (χ0) is 20.5. The SMILES string of the molecule is CCCCCCCCCCCCCCCC(N)C(CC)(CC)c1ccccc1. The molecule has 0 bridgehead atoms. The van der Waals surface area contributed by atoms with Gasteiger partial charge in [0, 0.05) is 11.5 Å². The van der Waals surface area contributed by atoms with Gasteiger partial charge in [-0.25, -0.2) is 0 Å². The molecule has 1 aromatic rings. The Morgan fingerprint density at radius 3 is 1.50 bits per heavy atom. The Morgan fingerprint density at radius 1 is 0.643 bits per heavy atom. The fourth-order valence-corrected chi connectivity index (χ4v) is 4.83. The second-order valence-corrected chi connectivity index (χ2v) is 8.87. The molecule has 0 amide bonds. The first-order valence-corrected chi connectivity index (χ1v) is 12.5. The molecule has 2 N–H and O–H groups in total. The molecule has 0 spiro atoms. The van der Waals surface area contributed by atoms with E-state index in [1.807, 2.05) is 0 Å². The maximum atomic E-state index is 6.75. The van der Waals surface area contributed by atoms with Gasteiger partial charge in [-0.05, 0) is 24.8 Å². The van der Waals surface area contributed by atoms with Gasteiger partial charge in [0.1, 0.15) is 0 Å². The Bertz CT molecular complexity index is 449. The van der Waals surface area contributed by atoms with Crippen molar-refractivity contribution in [2.24, 2.45) is 5.73 Å². The van der Waals surface area contributed by atoms with Crippen molar-refractivity contribution in [2.45, 2.75) is 135 Å². The third-order valence-corrected chi connectivity index (χ3v) is 6.94. The third-order valence-electron chi connectivity index (χ3n) is 6.94. The van der Waals surface area contributed by atoms with Crippen LogP contribution in [0.3, 0.4) is 0 Å². The predicted octanol–water partition coefficient (Wildman–Crippen LogP) is 8.55. The summed E-state index contributed by atoms with van der Waals surface area (Å²) in [5.74, 6) is 0. The largest absolute Gasteiger partial charge is 0.327 e. The highest BCUT2D eigenvalue weighted by Crippen LogP contribution is 2.36. The summed E-state index contributed by atoms with van der Waals surface area (Å²) in [6, 6.07) is 11.3. The summed E-state index contributed by atoms with van der Waals surface area (Å²) in [5.41, 5.74) is 8.33. The normalized spacial score (nSPS) is 13.0. The van der Waals surface area contributed by atoms with Crippen LogP contribution in [-0.2, 0) is 5.41 Å². The lowest BCUT2D eigenvalue weighted by atomic mass is 9.69. The molecule has 0 aliphatic carbocycles. The van der Waals surface area contributed by atoms with E-state index in [0.29, 0.717) is 0 Å². The smallest absolute Gasteiger partial charge is 0.0136 e. The van der Waals surface area contributed by atoms with E-state index < -0.39 is 0 Å². The highest BCUT2D eigenvalue weighted by Gasteiger charge is 2.34. The second-order valence-electron chi connectivity index (χ2n) is 8.87. The lowest BCUT2D eigenvalue weighted by molar-refractivity contribution is 0.297. The van der Waals surface area contributed by atoms with Crippen molar-refractivity contribution in [3.8, 4) is 0 Å². The van der Waals surface area contributed by atoms with Crippen LogP contribution in [0.25, 0.3) is 0 Å². The van der Waals surface area contributed by atoms with Crippen LogP contribution in [0.2, 0.25) is 0 Å². The third kappa shape index (κ3) is 9.12. The minimum absolute atomic E-state index is 0.151. The van der Waals surface area contributed by atoms with Crippen molar-refractivity contribution in [2.75, 3.05) is 0 Å². The molecule has 0 saturated carbocycles. The standard InChI is InChI=1S/C27H49N/c1-4-7-8-9-10-11-12-13-14-15-16-17-21-24-26(28)27(5-2,6-3)25-22-19-18-20-23-25/h18-20,22-23,26H,4-17,21,24,28H2,1-3H3. The summed E-state index contributed by atoms with van der Waals surface area (Å²) in [6.45, 7) is 6.90. The molecule has 0 saturated heterocycles. The minimum atomic E-state index is 0.151. The zero-order valence-electron chi connectivity index (χ0n) is 19.4. The Morgan fingerprint density at radius 2 is 1.07 bits per heavy atom. The lowest BCUT2D eigenvalue weighted by Gasteiger charge is -2.38. The van der Waals surface area contributed by atoms with Crippen molar-refractivity contribution in [1.82, 2.24) is 0 Å². The van der Waals surface area contributed by atoms with Gasteiger partial charge in [-0.3, -0.25) is 0 Å². The number of nitrogens with two attached hydrogens (primary N) is 1. The molecule has 0 aliphatic heterocycles. The van der Waals surface area contributed by atoms with Crippen LogP contribution in [-0.4, -0.2) is 6.04 Å². The molecule has 0 fully saturated rings. The summed E-state index contributed by atoms with van der Waals surface area (Å²) in [6.07, 6.45) is 21.8. The van der Waals surface area contributed by atoms with Gasteiger partial charge >= 0.3 is 0 Å². The molecule has 0 radical (unpaired) electrons. The number of benzene rings is 1. The molecule has 0 aromatic heterocycles. The van der Waals surface area contributed by atoms with Gasteiger partial charge in [0.05, 0.1) is 0 Å². The van der Waals surface area contributed by atoms with E-state index in [9.17, 15) is 0 Å². The maximum absolute atomic E-state index is 6.75. The molecular formula is C27H49N. The van der Waals surface area contributed by atoms with Gasteiger partial charge in [-0.2, -0.15) is 0 Å². The zero-order valence-corrected chi connectivity index (χ0v) is 19.4. The molecule has 1 heteroatoms. The monoisotopic (exact) mass is 387 g/mol. The van der Waals surface area contributed by atoms with Crippen molar-refractivity contribution in [1.29, 1.82) is 0 Å². The summed E-state index contributed by atoms with van der Waals surface area (Å²) in [5, 5.41) is 0. The molecule has 0 heterocycles. The fraction of sp³-hybridized carbons (Fsp3) is 0.778. The van der Waals surface area contributed by atoms with Crippen LogP contribution in [0.5, 0.6) is 0 Å². The lowest BCUT2D eigenvalue weighted by Crippen LogP contribution is -2.44. The summed E-state index contributed by atoms with van der Waals surface area (Å²) in [4.78, 5) is 0. The number of rotatable bonds is 18. The first-order chi connectivity index (χ1) is 13.7. The topological polar surface area (TPSA) is 26.0 Å². The number of unbranched alkanes of at least 4 members (excludes halogenated alkanes) is 12. The van der Waals surface area contributed by atoms with E-state index >= 15 is 0 Å². The molecule has 0 aliphatic rings. The van der Waals surface area contributed by atoms with Crippen LogP contribution in [0.15, 0.2) is 30.3 Å². The summed E-state index contributed by atoms with van der Waals surface area (Å²) >= 11 is 0. The summed E-state index contributed by atoms with van der Waals surface area (Å²) in [7, 11) is 0. The van der Waals surface area contributed by atoms with Crippen molar-refractivity contribution >= 4 is 0 Å². The number of hydrogen-bond acceptors (Lipinski definition) is 1. The Kier molecular flexibility index (Phi) is 14.4. The van der Waals surface area contributed by atoms with Gasteiger partial charge in [0.25, 0.3) is 0 Å². The van der Waals surface area contributed by atoms with Gasteiger partial charge in [-0.1, -0.05) is 135 Å². The molecular weight excluding hydrogens is 338 g/mol. The van der Waals surface area contributed by atoms with E-state index in [-0.39, 0.29) is 11.5 Å². The molecule has 28 heavy (non-hydrogen) atoms. The van der Waals surface area contributed by atoms with Crippen LogP contribution in [0.1, 0.15) is 129 Å². The van der Waals surface area contributed by atoms with E-state index in [4.69, 9.17) is 5.73 Å². The Hall–Kier alpha value is -0.820. The first kappa shape index (κ1) is 25.2. The quantitative estimate of drug-likeness (QED) is 0.251. The molecule has 1 unspecified atom stereocenters. The maximum Gasteiger partial charge on any atom is 0.0136 e. The average Bonchev–Trinajstić information content (AvgIpc) is 2.73. The van der Waals surface area contributed by atoms with Crippen molar-refractivity contribution < 1.29 is 0 Å². The molecule has 162 valence electrons. The van der Waals surface area contributed by atoms with Gasteiger partial charge < -0.3 is 5.73 Å². The molecule has 1 aromatic carbocycles. The van der Waals surface area contributed by atoms with E-state index in [0.717, 1.165) is 19.3 Å². The molecule has 1 atom stereocenters. The Balaban J connectivity index is 2.12. The van der Waals surface area contributed by atoms with Gasteiger partial charge in [0.15, 0.2) is 0 Å². The van der Waals surface area contributed by atoms with Crippen LogP contribution in [0, 0.1) is 0 Å². The fourth-order valence-electron chi connectivity index (χ4n) is 4.83. The minimum Gasteiger partial charge on any atom is -0.327 e.